The molecular weight excluding hydrogens is 282 g/mol. The molecule has 2 aromatic heterocycles. The molecule has 1 saturated carbocycles. The molecule has 21 heavy (non-hydrogen) atoms. The monoisotopic (exact) mass is 297 g/mol. The van der Waals surface area contributed by atoms with E-state index in [2.05, 4.69) is 5.32 Å². The number of carbonyl (C=O) groups is 1. The molecule has 1 fully saturated rings. The van der Waals surface area contributed by atoms with Crippen molar-refractivity contribution in [3.8, 4) is 10.7 Å². The SMILES string of the molecule is O=C(Cn1c(-c2cccs2)nc2ccccc21)NC1CC1. The fourth-order valence-corrected chi connectivity index (χ4v) is 3.20. The summed E-state index contributed by atoms with van der Waals surface area (Å²) in [5.74, 6) is 0.940. The molecule has 5 heteroatoms. The largest absolute Gasteiger partial charge is 0.352 e. The van der Waals surface area contributed by atoms with Crippen molar-refractivity contribution in [2.75, 3.05) is 0 Å². The Kier molecular flexibility index (Phi) is 3.00. The molecule has 3 aromatic rings. The molecule has 0 radical (unpaired) electrons. The van der Waals surface area contributed by atoms with Gasteiger partial charge in [0.25, 0.3) is 0 Å². The third-order valence-electron chi connectivity index (χ3n) is 3.64. The summed E-state index contributed by atoms with van der Waals surface area (Å²) < 4.78 is 2.01. The Labute approximate surface area is 126 Å². The van der Waals surface area contributed by atoms with Gasteiger partial charge in [-0.25, -0.2) is 4.98 Å². The van der Waals surface area contributed by atoms with Crippen LogP contribution in [0.4, 0.5) is 0 Å². The zero-order valence-corrected chi connectivity index (χ0v) is 12.3. The number of thiophene rings is 1. The number of hydrogen-bond acceptors (Lipinski definition) is 3. The number of aromatic nitrogens is 2. The second-order valence-electron chi connectivity index (χ2n) is 5.33. The topological polar surface area (TPSA) is 46.9 Å². The number of hydrogen-bond donors (Lipinski definition) is 1. The van der Waals surface area contributed by atoms with E-state index in [-0.39, 0.29) is 5.91 Å². The van der Waals surface area contributed by atoms with Crippen LogP contribution in [0.3, 0.4) is 0 Å². The van der Waals surface area contributed by atoms with Gasteiger partial charge in [0.05, 0.1) is 15.9 Å². The third kappa shape index (κ3) is 2.45. The van der Waals surface area contributed by atoms with Crippen LogP contribution in [0.25, 0.3) is 21.7 Å². The maximum Gasteiger partial charge on any atom is 0.240 e. The van der Waals surface area contributed by atoms with Gasteiger partial charge in [0.2, 0.25) is 5.91 Å². The zero-order chi connectivity index (χ0) is 14.2. The van der Waals surface area contributed by atoms with E-state index < -0.39 is 0 Å². The summed E-state index contributed by atoms with van der Waals surface area (Å²) in [6.07, 6.45) is 2.21. The first-order valence-corrected chi connectivity index (χ1v) is 7.98. The molecule has 4 nitrogen and oxygen atoms in total. The average molecular weight is 297 g/mol. The first kappa shape index (κ1) is 12.6. The molecule has 1 aromatic carbocycles. The molecule has 106 valence electrons. The number of rotatable bonds is 4. The Balaban J connectivity index is 1.76. The van der Waals surface area contributed by atoms with Crippen LogP contribution >= 0.6 is 11.3 Å². The van der Waals surface area contributed by atoms with Gasteiger partial charge in [0, 0.05) is 6.04 Å². The van der Waals surface area contributed by atoms with Gasteiger partial charge in [-0.05, 0) is 36.4 Å². The molecule has 1 N–H and O–H groups in total. The number of amides is 1. The van der Waals surface area contributed by atoms with Crippen LogP contribution in [0, 0.1) is 0 Å². The zero-order valence-electron chi connectivity index (χ0n) is 11.5. The van der Waals surface area contributed by atoms with Crippen LogP contribution < -0.4 is 5.32 Å². The fourth-order valence-electron chi connectivity index (χ4n) is 2.47. The predicted octanol–water partition coefficient (Wildman–Crippen LogP) is 3.04. The summed E-state index contributed by atoms with van der Waals surface area (Å²) >= 11 is 1.64. The molecule has 0 bridgehead atoms. The molecule has 1 amide bonds. The lowest BCUT2D eigenvalue weighted by molar-refractivity contribution is -0.121. The van der Waals surface area contributed by atoms with Crippen molar-refractivity contribution in [2.45, 2.75) is 25.4 Å². The van der Waals surface area contributed by atoms with Crippen LogP contribution in [-0.4, -0.2) is 21.5 Å². The van der Waals surface area contributed by atoms with E-state index in [9.17, 15) is 4.79 Å². The third-order valence-corrected chi connectivity index (χ3v) is 4.51. The number of benzene rings is 1. The van der Waals surface area contributed by atoms with E-state index in [1.165, 1.54) is 0 Å². The number of imidazole rings is 1. The second-order valence-corrected chi connectivity index (χ2v) is 6.28. The molecule has 0 aliphatic heterocycles. The predicted molar refractivity (Wildman–Crippen MR) is 84.2 cm³/mol. The summed E-state index contributed by atoms with van der Waals surface area (Å²) in [5, 5.41) is 5.08. The lowest BCUT2D eigenvalue weighted by Crippen LogP contribution is -2.29. The highest BCUT2D eigenvalue weighted by Crippen LogP contribution is 2.28. The molecule has 1 aliphatic carbocycles. The van der Waals surface area contributed by atoms with E-state index in [1.54, 1.807) is 11.3 Å². The number of nitrogens with one attached hydrogen (secondary N) is 1. The number of para-hydroxylation sites is 2. The normalized spacial score (nSPS) is 14.5. The van der Waals surface area contributed by atoms with E-state index in [0.29, 0.717) is 12.6 Å². The van der Waals surface area contributed by atoms with Gasteiger partial charge in [0.1, 0.15) is 6.54 Å². The van der Waals surface area contributed by atoms with Gasteiger partial charge in [0.15, 0.2) is 5.82 Å². The van der Waals surface area contributed by atoms with Gasteiger partial charge < -0.3 is 9.88 Å². The summed E-state index contributed by atoms with van der Waals surface area (Å²) in [5.41, 5.74) is 1.94. The maximum absolute atomic E-state index is 12.2. The van der Waals surface area contributed by atoms with Crippen LogP contribution in [0.1, 0.15) is 12.8 Å². The summed E-state index contributed by atoms with van der Waals surface area (Å²) in [6.45, 7) is 0.324. The number of fused-ring (bicyclic) bond motifs is 1. The maximum atomic E-state index is 12.2. The Morgan fingerprint density at radius 3 is 2.90 bits per heavy atom. The van der Waals surface area contributed by atoms with Crippen molar-refractivity contribution in [2.24, 2.45) is 0 Å². The Morgan fingerprint density at radius 2 is 2.14 bits per heavy atom. The Morgan fingerprint density at radius 1 is 1.29 bits per heavy atom. The smallest absolute Gasteiger partial charge is 0.240 e. The van der Waals surface area contributed by atoms with Crippen molar-refractivity contribution in [3.63, 3.8) is 0 Å². The van der Waals surface area contributed by atoms with Gasteiger partial charge in [-0.3, -0.25) is 4.79 Å². The van der Waals surface area contributed by atoms with Crippen LogP contribution in [0.15, 0.2) is 41.8 Å². The van der Waals surface area contributed by atoms with Crippen molar-refractivity contribution in [3.05, 3.63) is 41.8 Å². The number of carbonyl (C=O) groups excluding carboxylic acids is 1. The van der Waals surface area contributed by atoms with Gasteiger partial charge in [-0.15, -0.1) is 11.3 Å². The quantitative estimate of drug-likeness (QED) is 0.804. The summed E-state index contributed by atoms with van der Waals surface area (Å²) in [7, 11) is 0. The van der Waals surface area contributed by atoms with Crippen molar-refractivity contribution < 1.29 is 4.79 Å². The van der Waals surface area contributed by atoms with E-state index >= 15 is 0 Å². The van der Waals surface area contributed by atoms with E-state index in [0.717, 1.165) is 34.6 Å². The van der Waals surface area contributed by atoms with Crippen LogP contribution in [0.5, 0.6) is 0 Å². The standard InChI is InChI=1S/C16H15N3OS/c20-15(17-11-7-8-11)10-19-13-5-2-1-4-12(13)18-16(19)14-6-3-9-21-14/h1-6,9,11H,7-8,10H2,(H,17,20). The minimum Gasteiger partial charge on any atom is -0.352 e. The van der Waals surface area contributed by atoms with E-state index in [1.807, 2.05) is 46.3 Å². The molecule has 0 spiro atoms. The molecule has 1 aliphatic rings. The highest BCUT2D eigenvalue weighted by Gasteiger charge is 2.24. The van der Waals surface area contributed by atoms with Gasteiger partial charge in [-0.2, -0.15) is 0 Å². The molecule has 0 saturated heterocycles. The van der Waals surface area contributed by atoms with Crippen molar-refractivity contribution >= 4 is 28.3 Å². The first-order chi connectivity index (χ1) is 10.3. The average Bonchev–Trinajstić information content (AvgIpc) is 3.02. The summed E-state index contributed by atoms with van der Waals surface area (Å²) in [6, 6.07) is 12.4. The van der Waals surface area contributed by atoms with Gasteiger partial charge in [-0.1, -0.05) is 18.2 Å². The van der Waals surface area contributed by atoms with Crippen molar-refractivity contribution in [1.82, 2.24) is 14.9 Å². The fraction of sp³-hybridized carbons (Fsp3) is 0.250. The van der Waals surface area contributed by atoms with Crippen LogP contribution in [0.2, 0.25) is 0 Å². The second kappa shape index (κ2) is 5.00. The lowest BCUT2D eigenvalue weighted by Gasteiger charge is -2.08. The highest BCUT2D eigenvalue weighted by molar-refractivity contribution is 7.13. The van der Waals surface area contributed by atoms with Crippen molar-refractivity contribution in [1.29, 1.82) is 0 Å². The number of nitrogens with zero attached hydrogens (tertiary/aromatic N) is 2. The van der Waals surface area contributed by atoms with Crippen LogP contribution in [-0.2, 0) is 11.3 Å². The highest BCUT2D eigenvalue weighted by atomic mass is 32.1. The minimum absolute atomic E-state index is 0.0680. The van der Waals surface area contributed by atoms with E-state index in [4.69, 9.17) is 4.98 Å². The summed E-state index contributed by atoms with van der Waals surface area (Å²) in [4.78, 5) is 18.0. The molecular formula is C16H15N3OS. The van der Waals surface area contributed by atoms with Gasteiger partial charge >= 0.3 is 0 Å². The lowest BCUT2D eigenvalue weighted by atomic mass is 10.3. The molecule has 4 rings (SSSR count). The first-order valence-electron chi connectivity index (χ1n) is 7.10. The molecule has 2 heterocycles. The Bertz CT molecular complexity index is 787. The molecule has 0 unspecified atom stereocenters. The minimum atomic E-state index is 0.0680. The Hall–Kier alpha value is -2.14. The molecule has 0 atom stereocenters.